The number of carbonyl (C=O) groups excluding carboxylic acids is 2. The number of benzene rings is 2. The summed E-state index contributed by atoms with van der Waals surface area (Å²) in [5.41, 5.74) is 0.157. The molecule has 2 heterocycles. The Labute approximate surface area is 193 Å². The molecule has 1 atom stereocenters. The van der Waals surface area contributed by atoms with E-state index in [9.17, 15) is 27.2 Å². The smallest absolute Gasteiger partial charge is 0.378 e. The third-order valence-electron chi connectivity index (χ3n) is 5.81. The zero-order chi connectivity index (χ0) is 24.3. The van der Waals surface area contributed by atoms with Crippen LogP contribution in [0.3, 0.4) is 0 Å². The van der Waals surface area contributed by atoms with E-state index in [2.05, 4.69) is 10.6 Å². The third-order valence-corrected chi connectivity index (χ3v) is 5.81. The van der Waals surface area contributed by atoms with Gasteiger partial charge in [0, 0.05) is 31.0 Å². The van der Waals surface area contributed by atoms with Crippen LogP contribution in [0, 0.1) is 5.82 Å². The van der Waals surface area contributed by atoms with E-state index in [1.165, 1.54) is 11.0 Å². The number of halogens is 4. The van der Waals surface area contributed by atoms with Crippen molar-refractivity contribution in [2.24, 2.45) is 0 Å². The summed E-state index contributed by atoms with van der Waals surface area (Å²) in [5.74, 6) is -0.987. The minimum atomic E-state index is -4.48. The molecule has 182 valence electrons. The molecule has 0 spiro atoms. The van der Waals surface area contributed by atoms with Gasteiger partial charge in [0.05, 0.1) is 24.5 Å². The highest BCUT2D eigenvalue weighted by Gasteiger charge is 2.33. The van der Waals surface area contributed by atoms with Gasteiger partial charge < -0.3 is 25.2 Å². The van der Waals surface area contributed by atoms with Crippen molar-refractivity contribution in [2.45, 2.75) is 25.1 Å². The molecule has 1 unspecified atom stereocenters. The van der Waals surface area contributed by atoms with Gasteiger partial charge in [-0.1, -0.05) is 0 Å². The van der Waals surface area contributed by atoms with Gasteiger partial charge in [0.15, 0.2) is 0 Å². The highest BCUT2D eigenvalue weighted by molar-refractivity contribution is 6.01. The largest absolute Gasteiger partial charge is 0.416 e. The summed E-state index contributed by atoms with van der Waals surface area (Å²) >= 11 is 0. The minimum Gasteiger partial charge on any atom is -0.378 e. The number of amides is 3. The third kappa shape index (κ3) is 5.41. The number of nitrogens with zero attached hydrogens (tertiary/aromatic N) is 2. The molecule has 7 nitrogen and oxygen atoms in total. The van der Waals surface area contributed by atoms with Gasteiger partial charge in [-0.3, -0.25) is 4.79 Å². The molecule has 0 aromatic heterocycles. The van der Waals surface area contributed by atoms with Gasteiger partial charge in [-0.05, 0) is 55.3 Å². The normalized spacial score (nSPS) is 19.2. The van der Waals surface area contributed by atoms with Crippen LogP contribution in [0.1, 0.15) is 18.4 Å². The first kappa shape index (κ1) is 23.8. The number of rotatable bonds is 4. The number of ether oxygens (including phenoxy) is 1. The van der Waals surface area contributed by atoms with Crippen molar-refractivity contribution in [1.82, 2.24) is 5.32 Å². The lowest BCUT2D eigenvalue weighted by atomic mass is 10.0. The standard InChI is InChI=1S/C23H24F4N4O3/c24-18-14-17(30-10-12-34-13-11-30)7-8-20(18)31-9-1-2-19(21(31)32)29-22(33)28-16-5-3-15(4-6-16)23(25,26)27/h3-8,14,19H,1-2,9-13H2,(H2,28,29,33). The number of hydrogen-bond acceptors (Lipinski definition) is 4. The molecule has 4 rings (SSSR count). The molecule has 0 aliphatic carbocycles. The summed E-state index contributed by atoms with van der Waals surface area (Å²) in [4.78, 5) is 28.6. The van der Waals surface area contributed by atoms with E-state index in [1.807, 2.05) is 4.90 Å². The number of nitrogens with one attached hydrogen (secondary N) is 2. The van der Waals surface area contributed by atoms with Crippen LogP contribution in [-0.2, 0) is 15.7 Å². The summed E-state index contributed by atoms with van der Waals surface area (Å²) < 4.78 is 58.3. The van der Waals surface area contributed by atoms with Crippen LogP contribution in [0.25, 0.3) is 0 Å². The quantitative estimate of drug-likeness (QED) is 0.649. The van der Waals surface area contributed by atoms with Crippen molar-refractivity contribution < 1.29 is 31.9 Å². The second-order valence-corrected chi connectivity index (χ2v) is 8.09. The van der Waals surface area contributed by atoms with E-state index >= 15 is 0 Å². The van der Waals surface area contributed by atoms with Crippen LogP contribution in [0.15, 0.2) is 42.5 Å². The highest BCUT2D eigenvalue weighted by Crippen LogP contribution is 2.30. The number of carbonyl (C=O) groups is 2. The van der Waals surface area contributed by atoms with E-state index in [4.69, 9.17) is 4.74 Å². The monoisotopic (exact) mass is 480 g/mol. The maximum absolute atomic E-state index is 14.9. The van der Waals surface area contributed by atoms with Crippen molar-refractivity contribution in [1.29, 1.82) is 0 Å². The average molecular weight is 480 g/mol. The molecular formula is C23H24F4N4O3. The predicted octanol–water partition coefficient (Wildman–Crippen LogP) is 4.00. The lowest BCUT2D eigenvalue weighted by Crippen LogP contribution is -2.53. The van der Waals surface area contributed by atoms with Crippen LogP contribution < -0.4 is 20.4 Å². The number of morpholine rings is 1. The van der Waals surface area contributed by atoms with Crippen molar-refractivity contribution in [3.63, 3.8) is 0 Å². The second-order valence-electron chi connectivity index (χ2n) is 8.09. The Kier molecular flexibility index (Phi) is 6.92. The maximum Gasteiger partial charge on any atom is 0.416 e. The van der Waals surface area contributed by atoms with Gasteiger partial charge in [0.1, 0.15) is 11.9 Å². The van der Waals surface area contributed by atoms with Crippen LogP contribution in [0.5, 0.6) is 0 Å². The molecule has 2 aromatic carbocycles. The van der Waals surface area contributed by atoms with E-state index in [0.717, 1.165) is 24.3 Å². The van der Waals surface area contributed by atoms with Gasteiger partial charge in [-0.2, -0.15) is 13.2 Å². The van der Waals surface area contributed by atoms with Gasteiger partial charge in [0.2, 0.25) is 5.91 Å². The van der Waals surface area contributed by atoms with E-state index in [-0.39, 0.29) is 11.4 Å². The van der Waals surface area contributed by atoms with Gasteiger partial charge in [-0.25, -0.2) is 9.18 Å². The summed E-state index contributed by atoms with van der Waals surface area (Å²) in [6.45, 7) is 2.75. The van der Waals surface area contributed by atoms with Gasteiger partial charge in [-0.15, -0.1) is 0 Å². The molecule has 2 aliphatic heterocycles. The first-order chi connectivity index (χ1) is 16.2. The molecule has 0 bridgehead atoms. The lowest BCUT2D eigenvalue weighted by molar-refractivity contribution is -0.137. The van der Waals surface area contributed by atoms with Crippen molar-refractivity contribution >= 4 is 29.0 Å². The maximum atomic E-state index is 14.9. The molecule has 2 saturated heterocycles. The molecule has 2 N–H and O–H groups in total. The number of urea groups is 1. The fraction of sp³-hybridized carbons (Fsp3) is 0.391. The van der Waals surface area contributed by atoms with E-state index < -0.39 is 35.5 Å². The molecule has 2 fully saturated rings. The fourth-order valence-electron chi connectivity index (χ4n) is 4.05. The lowest BCUT2D eigenvalue weighted by Gasteiger charge is -2.33. The van der Waals surface area contributed by atoms with Crippen LogP contribution in [0.4, 0.5) is 39.4 Å². The Morgan fingerprint density at radius 2 is 1.74 bits per heavy atom. The Balaban J connectivity index is 1.39. The number of piperidine rings is 1. The van der Waals surface area contributed by atoms with E-state index in [1.54, 1.807) is 12.1 Å². The zero-order valence-electron chi connectivity index (χ0n) is 18.2. The SMILES string of the molecule is O=C(Nc1ccc(C(F)(F)F)cc1)NC1CCCN(c2ccc(N3CCOCC3)cc2F)C1=O. The first-order valence-corrected chi connectivity index (χ1v) is 10.9. The Hall–Kier alpha value is -3.34. The second kappa shape index (κ2) is 9.88. The van der Waals surface area contributed by atoms with Crippen molar-refractivity contribution in [3.05, 3.63) is 53.8 Å². The Morgan fingerprint density at radius 1 is 1.03 bits per heavy atom. The van der Waals surface area contributed by atoms with Crippen LogP contribution >= 0.6 is 0 Å². The molecule has 34 heavy (non-hydrogen) atoms. The number of anilines is 3. The molecular weight excluding hydrogens is 456 g/mol. The topological polar surface area (TPSA) is 73.9 Å². The predicted molar refractivity (Wildman–Crippen MR) is 118 cm³/mol. The molecule has 0 radical (unpaired) electrons. The van der Waals surface area contributed by atoms with Crippen molar-refractivity contribution in [2.75, 3.05) is 48.0 Å². The molecule has 3 amide bonds. The van der Waals surface area contributed by atoms with Crippen LogP contribution in [-0.4, -0.2) is 50.8 Å². The number of alkyl halides is 3. The van der Waals surface area contributed by atoms with Crippen molar-refractivity contribution in [3.8, 4) is 0 Å². The summed E-state index contributed by atoms with van der Waals surface area (Å²) in [6.07, 6.45) is -3.57. The van der Waals surface area contributed by atoms with E-state index in [0.29, 0.717) is 51.4 Å². The fourth-order valence-corrected chi connectivity index (χ4v) is 4.05. The summed E-state index contributed by atoms with van der Waals surface area (Å²) in [7, 11) is 0. The summed E-state index contributed by atoms with van der Waals surface area (Å²) in [5, 5.41) is 4.96. The summed E-state index contributed by atoms with van der Waals surface area (Å²) in [6, 6.07) is 7.05. The zero-order valence-corrected chi connectivity index (χ0v) is 18.2. The Bertz CT molecular complexity index is 1040. The Morgan fingerprint density at radius 3 is 2.38 bits per heavy atom. The molecule has 2 aliphatic rings. The van der Waals surface area contributed by atoms with Gasteiger partial charge in [0.25, 0.3) is 0 Å². The minimum absolute atomic E-state index is 0.136. The molecule has 0 saturated carbocycles. The molecule has 2 aromatic rings. The highest BCUT2D eigenvalue weighted by atomic mass is 19.4. The number of hydrogen-bond donors (Lipinski definition) is 2. The van der Waals surface area contributed by atoms with Gasteiger partial charge >= 0.3 is 12.2 Å². The molecule has 11 heteroatoms. The van der Waals surface area contributed by atoms with Crippen LogP contribution in [0.2, 0.25) is 0 Å². The average Bonchev–Trinajstić information content (AvgIpc) is 2.81. The first-order valence-electron chi connectivity index (χ1n) is 10.9.